The van der Waals surface area contributed by atoms with Crippen LogP contribution in [0.3, 0.4) is 0 Å². The monoisotopic (exact) mass is 470 g/mol. The number of carbonyl (C=O) groups is 2. The number of nitrogens with one attached hydrogen (secondary N) is 1. The molecular weight excluding hydrogens is 448 g/mol. The van der Waals surface area contributed by atoms with Crippen LogP contribution in [0.15, 0.2) is 82.0 Å². The number of benzene rings is 3. The summed E-state index contributed by atoms with van der Waals surface area (Å²) >= 11 is 0. The molecule has 176 valence electrons. The fraction of sp³-hybridized carbons (Fsp3) is 0.148. The molecule has 1 aromatic heterocycles. The molecule has 0 fully saturated rings. The molecule has 0 spiro atoms. The number of amides is 2. The van der Waals surface area contributed by atoms with Crippen LogP contribution in [0.1, 0.15) is 15.9 Å². The van der Waals surface area contributed by atoms with Crippen molar-refractivity contribution in [2.24, 2.45) is 0 Å². The molecule has 5 rings (SSSR count). The maximum Gasteiger partial charge on any atom is 0.349 e. The van der Waals surface area contributed by atoms with Crippen molar-refractivity contribution in [1.29, 1.82) is 0 Å². The lowest BCUT2D eigenvalue weighted by Crippen LogP contribution is -2.41. The quantitative estimate of drug-likeness (QED) is 0.425. The number of aryl methyl sites for hydroxylation is 1. The van der Waals surface area contributed by atoms with Crippen LogP contribution in [-0.4, -0.2) is 31.6 Å². The zero-order valence-corrected chi connectivity index (χ0v) is 18.9. The Morgan fingerprint density at radius 2 is 1.89 bits per heavy atom. The summed E-state index contributed by atoms with van der Waals surface area (Å²) in [4.78, 5) is 39.1. The Balaban J connectivity index is 1.31. The molecule has 1 N–H and O–H groups in total. The van der Waals surface area contributed by atoms with Crippen molar-refractivity contribution in [3.63, 3.8) is 0 Å². The highest BCUT2D eigenvalue weighted by molar-refractivity contribution is 6.06. The van der Waals surface area contributed by atoms with Gasteiger partial charge in [0, 0.05) is 17.1 Å². The van der Waals surface area contributed by atoms with Gasteiger partial charge in [-0.1, -0.05) is 30.3 Å². The van der Waals surface area contributed by atoms with Crippen molar-refractivity contribution in [2.75, 3.05) is 30.0 Å². The fourth-order valence-corrected chi connectivity index (χ4v) is 3.91. The smallest absolute Gasteiger partial charge is 0.349 e. The fourth-order valence-electron chi connectivity index (χ4n) is 3.91. The Hall–Kier alpha value is -4.59. The Labute approximate surface area is 200 Å². The molecule has 3 aromatic carbocycles. The number of ether oxygens (including phenoxy) is 2. The van der Waals surface area contributed by atoms with E-state index in [-0.39, 0.29) is 18.1 Å². The molecule has 35 heavy (non-hydrogen) atoms. The Kier molecular flexibility index (Phi) is 5.93. The van der Waals surface area contributed by atoms with Crippen LogP contribution < -0.4 is 25.3 Å². The minimum Gasteiger partial charge on any atom is -0.492 e. The third kappa shape index (κ3) is 4.72. The number of anilines is 2. The zero-order chi connectivity index (χ0) is 24.4. The van der Waals surface area contributed by atoms with Crippen LogP contribution in [0.5, 0.6) is 11.5 Å². The van der Waals surface area contributed by atoms with Gasteiger partial charge in [0.2, 0.25) is 0 Å². The first-order valence-corrected chi connectivity index (χ1v) is 11.1. The van der Waals surface area contributed by atoms with E-state index in [1.54, 1.807) is 47.4 Å². The maximum atomic E-state index is 12.8. The molecule has 0 radical (unpaired) electrons. The number of fused-ring (bicyclic) bond motifs is 2. The van der Waals surface area contributed by atoms with E-state index in [0.29, 0.717) is 41.2 Å². The maximum absolute atomic E-state index is 12.8. The van der Waals surface area contributed by atoms with Crippen molar-refractivity contribution < 1.29 is 23.5 Å². The molecule has 1 aliphatic rings. The van der Waals surface area contributed by atoms with Crippen molar-refractivity contribution in [2.45, 2.75) is 6.92 Å². The van der Waals surface area contributed by atoms with Crippen LogP contribution >= 0.6 is 0 Å². The molecular formula is C27H22N2O6. The van der Waals surface area contributed by atoms with Crippen LogP contribution in [0, 0.1) is 6.92 Å². The molecule has 0 atom stereocenters. The first-order chi connectivity index (χ1) is 17.0. The van der Waals surface area contributed by atoms with E-state index in [2.05, 4.69) is 5.32 Å². The number of hydrogen-bond donors (Lipinski definition) is 1. The van der Waals surface area contributed by atoms with E-state index in [1.807, 2.05) is 31.2 Å². The second-order valence-electron chi connectivity index (χ2n) is 8.12. The molecule has 0 saturated carbocycles. The lowest BCUT2D eigenvalue weighted by atomic mass is 10.1. The van der Waals surface area contributed by atoms with Crippen LogP contribution in [0.4, 0.5) is 11.4 Å². The Morgan fingerprint density at radius 1 is 1.03 bits per heavy atom. The third-order valence-electron chi connectivity index (χ3n) is 5.62. The summed E-state index contributed by atoms with van der Waals surface area (Å²) in [5.41, 5.74) is 1.68. The predicted molar refractivity (Wildman–Crippen MR) is 131 cm³/mol. The molecule has 0 unspecified atom stereocenters. The summed E-state index contributed by atoms with van der Waals surface area (Å²) in [6.07, 6.45) is 0. The average Bonchev–Trinajstić information content (AvgIpc) is 2.85. The molecule has 8 nitrogen and oxygen atoms in total. The van der Waals surface area contributed by atoms with Gasteiger partial charge in [0.05, 0.1) is 12.2 Å². The summed E-state index contributed by atoms with van der Waals surface area (Å²) in [5, 5.41) is 3.35. The van der Waals surface area contributed by atoms with Crippen LogP contribution in [-0.2, 0) is 4.79 Å². The molecule has 8 heteroatoms. The van der Waals surface area contributed by atoms with Crippen molar-refractivity contribution in [1.82, 2.24) is 0 Å². The summed E-state index contributed by atoms with van der Waals surface area (Å²) in [6.45, 7) is 2.51. The highest BCUT2D eigenvalue weighted by Crippen LogP contribution is 2.34. The average molecular weight is 470 g/mol. The van der Waals surface area contributed by atoms with E-state index in [0.717, 1.165) is 11.3 Å². The number of carbonyl (C=O) groups excluding carboxylic acids is 2. The zero-order valence-electron chi connectivity index (χ0n) is 18.9. The normalized spacial score (nSPS) is 12.7. The summed E-state index contributed by atoms with van der Waals surface area (Å²) in [7, 11) is 0. The minimum absolute atomic E-state index is 0.104. The molecule has 2 amide bonds. The SMILES string of the molecule is Cc1cccc(OCCN2C(=O)COc3cc(NC(=O)c4cc5ccccc5oc4=O)ccc32)c1. The van der Waals surface area contributed by atoms with E-state index < -0.39 is 11.5 Å². The second-order valence-corrected chi connectivity index (χ2v) is 8.12. The van der Waals surface area contributed by atoms with E-state index >= 15 is 0 Å². The van der Waals surface area contributed by atoms with Gasteiger partial charge in [-0.15, -0.1) is 0 Å². The topological polar surface area (TPSA) is 98.1 Å². The first-order valence-electron chi connectivity index (χ1n) is 11.1. The van der Waals surface area contributed by atoms with Gasteiger partial charge in [0.1, 0.15) is 29.3 Å². The van der Waals surface area contributed by atoms with Crippen molar-refractivity contribution in [3.05, 3.63) is 94.3 Å². The number of para-hydroxylation sites is 1. The highest BCUT2D eigenvalue weighted by atomic mass is 16.5. The molecule has 2 heterocycles. The minimum atomic E-state index is -0.721. The number of hydrogen-bond acceptors (Lipinski definition) is 6. The standard InChI is InChI=1S/C27H22N2O6/c1-17-5-4-7-20(13-17)33-12-11-29-22-10-9-19(15-24(22)34-16-25(29)30)28-26(31)21-14-18-6-2-3-8-23(18)35-27(21)32/h2-10,13-15H,11-12,16H2,1H3,(H,28,31). The summed E-state index contributed by atoms with van der Waals surface area (Å²) in [6, 6.07) is 21.1. The van der Waals surface area contributed by atoms with E-state index in [1.165, 1.54) is 6.07 Å². The lowest BCUT2D eigenvalue weighted by Gasteiger charge is -2.29. The van der Waals surface area contributed by atoms with Crippen molar-refractivity contribution >= 4 is 34.2 Å². The van der Waals surface area contributed by atoms with Gasteiger partial charge in [-0.2, -0.15) is 0 Å². The number of nitrogens with zero attached hydrogens (tertiary/aromatic N) is 1. The molecule has 1 aliphatic heterocycles. The lowest BCUT2D eigenvalue weighted by molar-refractivity contribution is -0.121. The summed E-state index contributed by atoms with van der Waals surface area (Å²) in [5.74, 6) is 0.404. The van der Waals surface area contributed by atoms with Gasteiger partial charge in [-0.25, -0.2) is 4.79 Å². The van der Waals surface area contributed by atoms with Crippen LogP contribution in [0.25, 0.3) is 11.0 Å². The largest absolute Gasteiger partial charge is 0.492 e. The summed E-state index contributed by atoms with van der Waals surface area (Å²) < 4.78 is 16.6. The van der Waals surface area contributed by atoms with Gasteiger partial charge < -0.3 is 24.1 Å². The van der Waals surface area contributed by atoms with Gasteiger partial charge in [0.25, 0.3) is 11.8 Å². The Bertz CT molecular complexity index is 1490. The van der Waals surface area contributed by atoms with E-state index in [4.69, 9.17) is 13.9 Å². The predicted octanol–water partition coefficient (Wildman–Crippen LogP) is 4.16. The van der Waals surface area contributed by atoms with Crippen molar-refractivity contribution in [3.8, 4) is 11.5 Å². The van der Waals surface area contributed by atoms with Gasteiger partial charge in [-0.3, -0.25) is 9.59 Å². The number of rotatable bonds is 6. The molecule has 0 aliphatic carbocycles. The molecule has 0 saturated heterocycles. The highest BCUT2D eigenvalue weighted by Gasteiger charge is 2.26. The second kappa shape index (κ2) is 9.34. The first kappa shape index (κ1) is 22.2. The van der Waals surface area contributed by atoms with E-state index in [9.17, 15) is 14.4 Å². The van der Waals surface area contributed by atoms with Gasteiger partial charge in [0.15, 0.2) is 6.61 Å². The van der Waals surface area contributed by atoms with Gasteiger partial charge >= 0.3 is 5.63 Å². The molecule has 0 bridgehead atoms. The molecule has 4 aromatic rings. The Morgan fingerprint density at radius 3 is 2.74 bits per heavy atom. The van der Waals surface area contributed by atoms with Crippen LogP contribution in [0.2, 0.25) is 0 Å². The third-order valence-corrected chi connectivity index (χ3v) is 5.62. The van der Waals surface area contributed by atoms with Gasteiger partial charge in [-0.05, 0) is 48.9 Å².